The van der Waals surface area contributed by atoms with Gasteiger partial charge in [-0.25, -0.2) is 9.59 Å². The molecule has 11 heteroatoms. The van der Waals surface area contributed by atoms with Crippen molar-refractivity contribution >= 4 is 23.9 Å². The van der Waals surface area contributed by atoms with Gasteiger partial charge in [0, 0.05) is 18.9 Å². The summed E-state index contributed by atoms with van der Waals surface area (Å²) in [5, 5.41) is 26.1. The zero-order valence-electron chi connectivity index (χ0n) is 33.4. The van der Waals surface area contributed by atoms with Crippen LogP contribution in [0.1, 0.15) is 103 Å². The van der Waals surface area contributed by atoms with E-state index in [2.05, 4.69) is 24.5 Å². The molecule has 4 atom stereocenters. The fraction of sp³-hybridized carbons (Fsp3) is 0.488. The predicted molar refractivity (Wildman–Crippen MR) is 209 cm³/mol. The average Bonchev–Trinajstić information content (AvgIpc) is 3.06. The number of aryl methyl sites for hydroxylation is 1. The first kappa shape index (κ1) is 43.3. The molecule has 294 valence electrons. The molecule has 0 aliphatic carbocycles. The number of carbonyl (C=O) groups excluding carboxylic acids is 4. The highest BCUT2D eigenvalue weighted by Crippen LogP contribution is 2.31. The fourth-order valence-electron chi connectivity index (χ4n) is 5.96. The molecule has 3 aromatic rings. The van der Waals surface area contributed by atoms with Gasteiger partial charge in [-0.05, 0) is 121 Å². The molecular formula is C43H59N3O8. The van der Waals surface area contributed by atoms with Crippen LogP contribution >= 0.6 is 0 Å². The summed E-state index contributed by atoms with van der Waals surface area (Å²) in [6.45, 7) is 18.1. The normalized spacial score (nSPS) is 14.0. The summed E-state index contributed by atoms with van der Waals surface area (Å²) < 4.78 is 11.3. The molecule has 54 heavy (non-hydrogen) atoms. The van der Waals surface area contributed by atoms with Crippen LogP contribution in [-0.4, -0.2) is 68.3 Å². The largest absolute Gasteiger partial charge is 0.508 e. The van der Waals surface area contributed by atoms with Gasteiger partial charge in [0.2, 0.25) is 11.8 Å². The first-order valence-corrected chi connectivity index (χ1v) is 18.6. The molecule has 3 amide bonds. The molecule has 0 heterocycles. The summed E-state index contributed by atoms with van der Waals surface area (Å²) in [6.07, 6.45) is 0.572. The lowest BCUT2D eigenvalue weighted by atomic mass is 9.94. The van der Waals surface area contributed by atoms with Gasteiger partial charge >= 0.3 is 12.1 Å². The number of phenolic OH excluding ortho intramolecular Hbond substituents is 2. The van der Waals surface area contributed by atoms with Crippen LogP contribution in [0.25, 0.3) is 0 Å². The number of phenols is 2. The van der Waals surface area contributed by atoms with Crippen LogP contribution in [0, 0.1) is 12.8 Å². The number of alkyl carbamates (subject to hydrolysis) is 1. The van der Waals surface area contributed by atoms with Crippen LogP contribution < -0.4 is 10.6 Å². The van der Waals surface area contributed by atoms with Gasteiger partial charge in [-0.2, -0.15) is 0 Å². The Kier molecular flexibility index (Phi) is 15.1. The second-order valence-corrected chi connectivity index (χ2v) is 16.4. The van der Waals surface area contributed by atoms with E-state index in [1.54, 1.807) is 72.7 Å². The Hall–Kier alpha value is -5.06. The van der Waals surface area contributed by atoms with E-state index in [4.69, 9.17) is 9.47 Å². The van der Waals surface area contributed by atoms with Crippen LogP contribution in [0.3, 0.4) is 0 Å². The second-order valence-electron chi connectivity index (χ2n) is 16.4. The molecule has 4 unspecified atom stereocenters. The molecule has 0 aliphatic rings. The lowest BCUT2D eigenvalue weighted by Gasteiger charge is -2.39. The summed E-state index contributed by atoms with van der Waals surface area (Å²) in [5.41, 5.74) is 0.614. The van der Waals surface area contributed by atoms with Crippen LogP contribution in [0.5, 0.6) is 11.5 Å². The van der Waals surface area contributed by atoms with E-state index in [1.165, 1.54) is 23.1 Å². The smallest absolute Gasteiger partial charge is 0.408 e. The van der Waals surface area contributed by atoms with E-state index in [1.807, 2.05) is 37.3 Å². The highest BCUT2D eigenvalue weighted by molar-refractivity contribution is 5.94. The maximum Gasteiger partial charge on any atom is 0.408 e. The molecule has 0 aliphatic heterocycles. The molecule has 0 spiro atoms. The van der Waals surface area contributed by atoms with Crippen LogP contribution in [0.4, 0.5) is 4.79 Å². The van der Waals surface area contributed by atoms with Crippen LogP contribution in [-0.2, 0) is 36.7 Å². The Morgan fingerprint density at radius 3 is 1.85 bits per heavy atom. The Bertz CT molecular complexity index is 1710. The third-order valence-electron chi connectivity index (χ3n) is 8.61. The molecular weight excluding hydrogens is 686 g/mol. The number of esters is 1. The maximum atomic E-state index is 15.2. The van der Waals surface area contributed by atoms with E-state index >= 15 is 4.79 Å². The minimum Gasteiger partial charge on any atom is -0.508 e. The highest BCUT2D eigenvalue weighted by atomic mass is 16.6. The van der Waals surface area contributed by atoms with E-state index in [0.717, 1.165) is 12.0 Å². The van der Waals surface area contributed by atoms with Crippen molar-refractivity contribution in [2.45, 2.75) is 130 Å². The molecule has 3 rings (SSSR count). The van der Waals surface area contributed by atoms with E-state index in [9.17, 15) is 24.6 Å². The fourth-order valence-corrected chi connectivity index (χ4v) is 5.96. The van der Waals surface area contributed by atoms with Crippen LogP contribution in [0.15, 0.2) is 72.8 Å². The first-order chi connectivity index (χ1) is 25.1. The molecule has 3 aromatic carbocycles. The molecule has 0 aromatic heterocycles. The van der Waals surface area contributed by atoms with Gasteiger partial charge in [0.25, 0.3) is 0 Å². The second kappa shape index (κ2) is 18.8. The summed E-state index contributed by atoms with van der Waals surface area (Å²) >= 11 is 0. The Labute approximate surface area is 320 Å². The van der Waals surface area contributed by atoms with Crippen molar-refractivity contribution in [3.05, 3.63) is 95.1 Å². The molecule has 0 saturated carbocycles. The number of carbonyl (C=O) groups is 4. The Morgan fingerprint density at radius 1 is 0.722 bits per heavy atom. The summed E-state index contributed by atoms with van der Waals surface area (Å²) in [5.74, 6) is -1.51. The van der Waals surface area contributed by atoms with E-state index < -0.39 is 59.2 Å². The van der Waals surface area contributed by atoms with Crippen molar-refractivity contribution in [2.24, 2.45) is 5.92 Å². The maximum absolute atomic E-state index is 15.2. The van der Waals surface area contributed by atoms with Gasteiger partial charge in [0.1, 0.15) is 40.8 Å². The number of amides is 3. The van der Waals surface area contributed by atoms with Gasteiger partial charge in [0.15, 0.2) is 0 Å². The number of nitrogens with zero attached hydrogens (tertiary/aromatic N) is 1. The quantitative estimate of drug-likeness (QED) is 0.118. The number of ether oxygens (including phenoxy) is 2. The zero-order chi connectivity index (χ0) is 40.4. The molecule has 11 nitrogen and oxygen atoms in total. The molecule has 4 N–H and O–H groups in total. The number of rotatable bonds is 15. The SMILES string of the molecule is Cc1cc(C(C(=O)NC(Cc2ccccc2)C(=O)OC(C)(C)C)N(C(=O)C(Cc2ccc(O)cc2)NC(=O)OC(C)(C)C)C(C)CCC(C)C)ccc1O. The zero-order valence-corrected chi connectivity index (χ0v) is 33.4. The van der Waals surface area contributed by atoms with Gasteiger partial charge in [-0.1, -0.05) is 62.4 Å². The number of hydrogen-bond donors (Lipinski definition) is 4. The third-order valence-corrected chi connectivity index (χ3v) is 8.61. The predicted octanol–water partition coefficient (Wildman–Crippen LogP) is 7.31. The lowest BCUT2D eigenvalue weighted by Crippen LogP contribution is -2.57. The average molecular weight is 746 g/mol. The van der Waals surface area contributed by atoms with Gasteiger partial charge in [0.05, 0.1) is 0 Å². The Morgan fingerprint density at radius 2 is 1.30 bits per heavy atom. The summed E-state index contributed by atoms with van der Waals surface area (Å²) in [6, 6.07) is 16.1. The minimum absolute atomic E-state index is 0.0103. The summed E-state index contributed by atoms with van der Waals surface area (Å²) in [4.78, 5) is 58.5. The number of hydrogen-bond acceptors (Lipinski definition) is 8. The number of nitrogens with one attached hydrogen (secondary N) is 2. The van der Waals surface area contributed by atoms with Crippen molar-refractivity contribution < 1.29 is 38.9 Å². The highest BCUT2D eigenvalue weighted by Gasteiger charge is 2.41. The van der Waals surface area contributed by atoms with Gasteiger partial charge < -0.3 is 35.2 Å². The Balaban J connectivity index is 2.22. The number of aromatic hydroxyl groups is 2. The molecule has 0 saturated heterocycles. The summed E-state index contributed by atoms with van der Waals surface area (Å²) in [7, 11) is 0. The lowest BCUT2D eigenvalue weighted by molar-refractivity contribution is -0.159. The van der Waals surface area contributed by atoms with Crippen molar-refractivity contribution in [2.75, 3.05) is 0 Å². The number of benzene rings is 3. The minimum atomic E-state index is -1.30. The first-order valence-electron chi connectivity index (χ1n) is 18.6. The van der Waals surface area contributed by atoms with Crippen molar-refractivity contribution in [3.8, 4) is 11.5 Å². The third kappa shape index (κ3) is 13.7. The molecule has 0 bridgehead atoms. The van der Waals surface area contributed by atoms with E-state index in [0.29, 0.717) is 23.1 Å². The van der Waals surface area contributed by atoms with Crippen molar-refractivity contribution in [1.82, 2.24) is 15.5 Å². The van der Waals surface area contributed by atoms with Crippen LogP contribution in [0.2, 0.25) is 0 Å². The molecule has 0 fully saturated rings. The van der Waals surface area contributed by atoms with Gasteiger partial charge in [-0.15, -0.1) is 0 Å². The van der Waals surface area contributed by atoms with Crippen molar-refractivity contribution in [1.29, 1.82) is 0 Å². The standard InChI is InChI=1S/C43H59N3O8/c1-27(2)16-17-29(4)46(39(50)34(45-41(52)54-43(8,9)10)25-31-18-21-33(47)22-19-31)37(32-20-23-36(48)28(3)24-32)38(49)44-35(40(51)53-42(5,6)7)26-30-14-12-11-13-15-30/h11-15,18-24,27,29,34-35,37,47-48H,16-17,25-26H2,1-10H3,(H,44,49)(H,45,52). The molecule has 0 radical (unpaired) electrons. The van der Waals surface area contributed by atoms with Gasteiger partial charge in [-0.3, -0.25) is 9.59 Å². The monoisotopic (exact) mass is 745 g/mol. The topological polar surface area (TPSA) is 154 Å². The van der Waals surface area contributed by atoms with Crippen molar-refractivity contribution in [3.63, 3.8) is 0 Å². The van der Waals surface area contributed by atoms with E-state index in [-0.39, 0.29) is 30.3 Å².